The second-order valence-corrected chi connectivity index (χ2v) is 5.54. The molecule has 0 atom stereocenters. The molecule has 0 saturated carbocycles. The van der Waals surface area contributed by atoms with Gasteiger partial charge in [-0.15, -0.1) is 0 Å². The zero-order valence-electron chi connectivity index (χ0n) is 11.7. The molecular formula is C20H17. The van der Waals surface area contributed by atoms with Gasteiger partial charge in [0.2, 0.25) is 0 Å². The average Bonchev–Trinajstić information content (AvgIpc) is 2.53. The summed E-state index contributed by atoms with van der Waals surface area (Å²) in [7, 11) is 0. The summed E-state index contributed by atoms with van der Waals surface area (Å²) in [6.45, 7) is 2.24. The molecule has 0 heteroatoms. The van der Waals surface area contributed by atoms with Crippen molar-refractivity contribution in [1.82, 2.24) is 0 Å². The third-order valence-corrected chi connectivity index (χ3v) is 4.42. The Kier molecular flexibility index (Phi) is 2.63. The summed E-state index contributed by atoms with van der Waals surface area (Å²) in [4.78, 5) is 0. The summed E-state index contributed by atoms with van der Waals surface area (Å²) in [5.74, 6) is 1.53. The smallest absolute Gasteiger partial charge is 0.00171 e. The zero-order valence-corrected chi connectivity index (χ0v) is 11.7. The number of hydrogen-bond acceptors (Lipinski definition) is 0. The Morgan fingerprint density at radius 1 is 0.800 bits per heavy atom. The molecule has 0 aromatic heterocycles. The monoisotopic (exact) mass is 257 g/mol. The second-order valence-electron chi connectivity index (χ2n) is 5.54. The molecular weight excluding hydrogens is 240 g/mol. The molecule has 3 aromatic rings. The van der Waals surface area contributed by atoms with E-state index in [4.69, 9.17) is 0 Å². The molecule has 0 N–H and O–H groups in total. The summed E-state index contributed by atoms with van der Waals surface area (Å²) in [6.07, 6.45) is 6.85. The van der Waals surface area contributed by atoms with Crippen LogP contribution in [0.5, 0.6) is 0 Å². The van der Waals surface area contributed by atoms with Crippen molar-refractivity contribution in [2.24, 2.45) is 0 Å². The van der Waals surface area contributed by atoms with Gasteiger partial charge in [0, 0.05) is 5.92 Å². The molecule has 1 aliphatic carbocycles. The Hall–Kier alpha value is -2.08. The van der Waals surface area contributed by atoms with E-state index in [2.05, 4.69) is 67.6 Å². The van der Waals surface area contributed by atoms with Gasteiger partial charge in [0.05, 0.1) is 0 Å². The highest BCUT2D eigenvalue weighted by Gasteiger charge is 2.15. The van der Waals surface area contributed by atoms with Crippen LogP contribution < -0.4 is 0 Å². The molecule has 0 fully saturated rings. The first kappa shape index (κ1) is 11.7. The van der Waals surface area contributed by atoms with Gasteiger partial charge >= 0.3 is 0 Å². The van der Waals surface area contributed by atoms with Gasteiger partial charge in [-0.25, -0.2) is 0 Å². The molecule has 0 bridgehead atoms. The van der Waals surface area contributed by atoms with Gasteiger partial charge < -0.3 is 0 Å². The molecule has 3 aromatic carbocycles. The van der Waals surface area contributed by atoms with Crippen molar-refractivity contribution in [2.45, 2.75) is 19.8 Å². The fraction of sp³-hybridized carbons (Fsp3) is 0.150. The molecule has 4 rings (SSSR count). The minimum absolute atomic E-state index is 1.10. The van der Waals surface area contributed by atoms with Crippen LogP contribution in [0.2, 0.25) is 0 Å². The predicted octanol–water partition coefficient (Wildman–Crippen LogP) is 5.55. The number of rotatable bonds is 1. The first-order chi connectivity index (χ1) is 9.86. The fourth-order valence-electron chi connectivity index (χ4n) is 3.26. The van der Waals surface area contributed by atoms with Gasteiger partial charge in [-0.05, 0) is 45.5 Å². The van der Waals surface area contributed by atoms with Crippen LogP contribution in [0.4, 0.5) is 0 Å². The Morgan fingerprint density at radius 3 is 2.55 bits per heavy atom. The maximum atomic E-state index is 2.31. The number of allylic oxidation sites excluding steroid dienone is 1. The second kappa shape index (κ2) is 4.49. The first-order valence-corrected chi connectivity index (χ1v) is 7.33. The van der Waals surface area contributed by atoms with E-state index in [1.165, 1.54) is 38.6 Å². The zero-order chi connectivity index (χ0) is 13.5. The van der Waals surface area contributed by atoms with E-state index < -0.39 is 0 Å². The maximum Gasteiger partial charge on any atom is 0.00171 e. The topological polar surface area (TPSA) is 0 Å². The van der Waals surface area contributed by atoms with E-state index >= 15 is 0 Å². The molecule has 0 unspecified atom stereocenters. The average molecular weight is 257 g/mol. The van der Waals surface area contributed by atoms with E-state index in [1.54, 1.807) is 0 Å². The lowest BCUT2D eigenvalue weighted by Crippen LogP contribution is -2.04. The summed E-state index contributed by atoms with van der Waals surface area (Å²) in [5, 5.41) is 5.42. The fourth-order valence-corrected chi connectivity index (χ4v) is 3.26. The van der Waals surface area contributed by atoms with Gasteiger partial charge in [-0.1, -0.05) is 67.6 Å². The van der Waals surface area contributed by atoms with Crippen molar-refractivity contribution >= 4 is 27.6 Å². The lowest BCUT2D eigenvalue weighted by atomic mass is 9.85. The highest BCUT2D eigenvalue weighted by atomic mass is 14.2. The van der Waals surface area contributed by atoms with Crippen molar-refractivity contribution in [3.63, 3.8) is 0 Å². The number of hydrogen-bond donors (Lipinski definition) is 0. The molecule has 0 heterocycles. The molecule has 0 spiro atoms. The van der Waals surface area contributed by atoms with Crippen molar-refractivity contribution in [1.29, 1.82) is 0 Å². The summed E-state index contributed by atoms with van der Waals surface area (Å²) >= 11 is 0. The highest BCUT2D eigenvalue weighted by molar-refractivity contribution is 6.10. The Balaban J connectivity index is 2.03. The van der Waals surface area contributed by atoms with E-state index in [0.717, 1.165) is 12.8 Å². The number of benzene rings is 3. The normalized spacial score (nSPS) is 14.8. The highest BCUT2D eigenvalue weighted by Crippen LogP contribution is 2.34. The lowest BCUT2D eigenvalue weighted by Gasteiger charge is -2.19. The van der Waals surface area contributed by atoms with E-state index in [0.29, 0.717) is 0 Å². The maximum absolute atomic E-state index is 2.31. The Bertz CT molecular complexity index is 824. The van der Waals surface area contributed by atoms with Crippen molar-refractivity contribution in [2.75, 3.05) is 0 Å². The van der Waals surface area contributed by atoms with Gasteiger partial charge in [0.25, 0.3) is 0 Å². The van der Waals surface area contributed by atoms with Crippen molar-refractivity contribution in [3.8, 4) is 0 Å². The predicted molar refractivity (Wildman–Crippen MR) is 87.7 cm³/mol. The van der Waals surface area contributed by atoms with Crippen molar-refractivity contribution < 1.29 is 0 Å². The summed E-state index contributed by atoms with van der Waals surface area (Å²) < 4.78 is 0. The van der Waals surface area contributed by atoms with Gasteiger partial charge in [0.15, 0.2) is 0 Å². The SMILES string of the molecule is CC[C]1C=Cc2c(ccc3c2ccc2ccccc23)C1. The quantitative estimate of drug-likeness (QED) is 0.501. The van der Waals surface area contributed by atoms with Crippen LogP contribution in [0.15, 0.2) is 54.6 Å². The number of fused-ring (bicyclic) bond motifs is 5. The van der Waals surface area contributed by atoms with Crippen LogP contribution in [0.1, 0.15) is 24.5 Å². The minimum Gasteiger partial charge on any atom is -0.0765 e. The van der Waals surface area contributed by atoms with Gasteiger partial charge in [0.1, 0.15) is 0 Å². The van der Waals surface area contributed by atoms with Crippen LogP contribution in [0, 0.1) is 5.92 Å². The lowest BCUT2D eigenvalue weighted by molar-refractivity contribution is 0.889. The molecule has 1 radical (unpaired) electrons. The molecule has 1 aliphatic rings. The Labute approximate surface area is 119 Å². The van der Waals surface area contributed by atoms with Gasteiger partial charge in [-0.3, -0.25) is 0 Å². The molecule has 0 saturated heterocycles. The van der Waals surface area contributed by atoms with Crippen LogP contribution >= 0.6 is 0 Å². The molecule has 0 aliphatic heterocycles. The minimum atomic E-state index is 1.10. The van der Waals surface area contributed by atoms with Gasteiger partial charge in [-0.2, -0.15) is 0 Å². The van der Waals surface area contributed by atoms with Crippen LogP contribution in [-0.2, 0) is 6.42 Å². The molecule has 0 amide bonds. The first-order valence-electron chi connectivity index (χ1n) is 7.33. The van der Waals surface area contributed by atoms with Crippen LogP contribution in [0.25, 0.3) is 27.6 Å². The van der Waals surface area contributed by atoms with Crippen molar-refractivity contribution in [3.05, 3.63) is 71.7 Å². The van der Waals surface area contributed by atoms with E-state index in [-0.39, 0.29) is 0 Å². The van der Waals surface area contributed by atoms with E-state index in [1.807, 2.05) is 0 Å². The Morgan fingerprint density at radius 2 is 1.65 bits per heavy atom. The van der Waals surface area contributed by atoms with Crippen LogP contribution in [0.3, 0.4) is 0 Å². The molecule has 0 nitrogen and oxygen atoms in total. The summed E-state index contributed by atoms with van der Waals surface area (Å²) in [5.41, 5.74) is 2.87. The standard InChI is InChI=1S/C20H17/c1-2-14-7-10-18-16(13-14)9-12-19-17-6-4-3-5-15(17)8-11-20(18)19/h3-12H,2,13H2,1H3. The van der Waals surface area contributed by atoms with E-state index in [9.17, 15) is 0 Å². The third-order valence-electron chi connectivity index (χ3n) is 4.42. The largest absolute Gasteiger partial charge is 0.0765 e. The molecule has 20 heavy (non-hydrogen) atoms. The summed E-state index contributed by atoms with van der Waals surface area (Å²) in [6, 6.07) is 17.8. The molecule has 97 valence electrons. The third kappa shape index (κ3) is 1.68. The van der Waals surface area contributed by atoms with Crippen LogP contribution in [-0.4, -0.2) is 0 Å².